The summed E-state index contributed by atoms with van der Waals surface area (Å²) >= 11 is 9.20. The Labute approximate surface area is 127 Å². The predicted molar refractivity (Wildman–Crippen MR) is 79.4 cm³/mol. The normalized spacial score (nSPS) is 12.8. The summed E-state index contributed by atoms with van der Waals surface area (Å²) < 4.78 is 19.5. The van der Waals surface area contributed by atoms with Gasteiger partial charge in [0.2, 0.25) is 0 Å². The summed E-state index contributed by atoms with van der Waals surface area (Å²) in [4.78, 5) is 0. The Morgan fingerprint density at radius 1 is 1.15 bits per heavy atom. The lowest BCUT2D eigenvalue weighted by atomic mass is 10.1. The maximum absolute atomic E-state index is 13.3. The van der Waals surface area contributed by atoms with Crippen molar-refractivity contribution in [2.75, 3.05) is 0 Å². The quantitative estimate of drug-likeness (QED) is 0.696. The Hall–Kier alpha value is -1.36. The minimum atomic E-state index is -1.05. The van der Waals surface area contributed by atoms with E-state index in [1.807, 2.05) is 0 Å². The third kappa shape index (κ3) is 2.46. The van der Waals surface area contributed by atoms with E-state index in [1.165, 1.54) is 12.1 Å². The topological polar surface area (TPSA) is 33.4 Å². The Morgan fingerprint density at radius 2 is 1.95 bits per heavy atom. The summed E-state index contributed by atoms with van der Waals surface area (Å²) in [5.74, 6) is -0.0741. The molecule has 0 aliphatic rings. The van der Waals surface area contributed by atoms with Gasteiger partial charge in [0.1, 0.15) is 23.3 Å². The lowest BCUT2D eigenvalue weighted by Gasteiger charge is -2.10. The molecule has 2 nitrogen and oxygen atoms in total. The summed E-state index contributed by atoms with van der Waals surface area (Å²) in [6, 6.07) is 11.0. The second-order valence-electron chi connectivity index (χ2n) is 4.40. The van der Waals surface area contributed by atoms with Crippen LogP contribution in [0.4, 0.5) is 4.39 Å². The molecule has 0 fully saturated rings. The summed E-state index contributed by atoms with van der Waals surface area (Å²) in [5, 5.41) is 11.7. The Morgan fingerprint density at radius 3 is 2.75 bits per heavy atom. The fourth-order valence-electron chi connectivity index (χ4n) is 2.05. The fourth-order valence-corrected chi connectivity index (χ4v) is 2.69. The molecule has 0 aliphatic heterocycles. The standard InChI is InChI=1S/C15H9BrClFO2/c16-12-3-2-10(18)7-11(12)15(19)14-6-8-5-9(17)1-4-13(8)20-14/h1-7,15,19H. The first kappa shape index (κ1) is 13.6. The van der Waals surface area contributed by atoms with Crippen LogP contribution in [-0.2, 0) is 0 Å². The molecule has 5 heteroatoms. The van der Waals surface area contributed by atoms with Crippen molar-refractivity contribution in [1.29, 1.82) is 0 Å². The number of halogens is 3. The molecule has 0 aliphatic carbocycles. The predicted octanol–water partition coefficient (Wildman–Crippen LogP) is 5.07. The molecule has 0 bridgehead atoms. The maximum atomic E-state index is 13.3. The van der Waals surface area contributed by atoms with E-state index in [-0.39, 0.29) is 0 Å². The molecule has 0 amide bonds. The molecule has 102 valence electrons. The Balaban J connectivity index is 2.07. The smallest absolute Gasteiger partial charge is 0.138 e. The zero-order valence-electron chi connectivity index (χ0n) is 10.1. The summed E-state index contributed by atoms with van der Waals surface area (Å²) in [7, 11) is 0. The van der Waals surface area contributed by atoms with Crippen molar-refractivity contribution in [2.45, 2.75) is 6.10 Å². The van der Waals surface area contributed by atoms with Crippen LogP contribution < -0.4 is 0 Å². The monoisotopic (exact) mass is 354 g/mol. The highest BCUT2D eigenvalue weighted by Crippen LogP contribution is 2.33. The molecule has 1 heterocycles. The number of hydrogen-bond donors (Lipinski definition) is 1. The van der Waals surface area contributed by atoms with Crippen molar-refractivity contribution < 1.29 is 13.9 Å². The van der Waals surface area contributed by atoms with Gasteiger partial charge in [0.25, 0.3) is 0 Å². The third-order valence-electron chi connectivity index (χ3n) is 3.02. The Kier molecular flexibility index (Phi) is 3.54. The minimum absolute atomic E-state index is 0.341. The van der Waals surface area contributed by atoms with Gasteiger partial charge in [-0.3, -0.25) is 0 Å². The lowest BCUT2D eigenvalue weighted by molar-refractivity contribution is 0.191. The second-order valence-corrected chi connectivity index (χ2v) is 5.69. The van der Waals surface area contributed by atoms with E-state index < -0.39 is 11.9 Å². The van der Waals surface area contributed by atoms with Crippen LogP contribution >= 0.6 is 27.5 Å². The molecule has 1 aromatic heterocycles. The van der Waals surface area contributed by atoms with E-state index in [0.29, 0.717) is 26.4 Å². The third-order valence-corrected chi connectivity index (χ3v) is 3.98. The van der Waals surface area contributed by atoms with Crippen molar-refractivity contribution in [3.8, 4) is 0 Å². The Bertz CT molecular complexity index is 785. The van der Waals surface area contributed by atoms with Gasteiger partial charge in [0.15, 0.2) is 0 Å². The van der Waals surface area contributed by atoms with Gasteiger partial charge >= 0.3 is 0 Å². The lowest BCUT2D eigenvalue weighted by Crippen LogP contribution is -1.99. The largest absolute Gasteiger partial charge is 0.458 e. The first-order valence-electron chi connectivity index (χ1n) is 5.86. The molecule has 1 unspecified atom stereocenters. The number of rotatable bonds is 2. The van der Waals surface area contributed by atoms with Crippen LogP contribution in [-0.4, -0.2) is 5.11 Å². The number of furan rings is 1. The average Bonchev–Trinajstić information content (AvgIpc) is 2.83. The molecular weight excluding hydrogens is 347 g/mol. The summed E-state index contributed by atoms with van der Waals surface area (Å²) in [6.07, 6.45) is -1.05. The number of hydrogen-bond acceptors (Lipinski definition) is 2. The molecule has 1 atom stereocenters. The van der Waals surface area contributed by atoms with E-state index in [0.717, 1.165) is 5.39 Å². The summed E-state index contributed by atoms with van der Waals surface area (Å²) in [5.41, 5.74) is 1.03. The highest BCUT2D eigenvalue weighted by molar-refractivity contribution is 9.10. The molecule has 0 saturated carbocycles. The molecule has 3 aromatic rings. The van der Waals surface area contributed by atoms with Crippen LogP contribution in [0, 0.1) is 5.82 Å². The summed E-state index contributed by atoms with van der Waals surface area (Å²) in [6.45, 7) is 0. The molecular formula is C15H9BrClFO2. The highest BCUT2D eigenvalue weighted by atomic mass is 79.9. The van der Waals surface area contributed by atoms with Crippen LogP contribution in [0.2, 0.25) is 5.02 Å². The number of benzene rings is 2. The van der Waals surface area contributed by atoms with Crippen molar-refractivity contribution in [1.82, 2.24) is 0 Å². The van der Waals surface area contributed by atoms with Gasteiger partial charge < -0.3 is 9.52 Å². The zero-order valence-corrected chi connectivity index (χ0v) is 12.5. The van der Waals surface area contributed by atoms with E-state index >= 15 is 0 Å². The zero-order chi connectivity index (χ0) is 14.3. The molecule has 20 heavy (non-hydrogen) atoms. The van der Waals surface area contributed by atoms with Crippen molar-refractivity contribution >= 4 is 38.5 Å². The molecule has 0 spiro atoms. The minimum Gasteiger partial charge on any atom is -0.458 e. The molecule has 2 aromatic carbocycles. The molecule has 1 N–H and O–H groups in total. The number of fused-ring (bicyclic) bond motifs is 1. The van der Waals surface area contributed by atoms with Crippen molar-refractivity contribution in [3.63, 3.8) is 0 Å². The van der Waals surface area contributed by atoms with Crippen molar-refractivity contribution in [2.24, 2.45) is 0 Å². The van der Waals surface area contributed by atoms with E-state index in [9.17, 15) is 9.50 Å². The highest BCUT2D eigenvalue weighted by Gasteiger charge is 2.19. The molecule has 0 saturated heterocycles. The first-order chi connectivity index (χ1) is 9.54. The van der Waals surface area contributed by atoms with Crippen molar-refractivity contribution in [3.05, 3.63) is 69.1 Å². The van der Waals surface area contributed by atoms with Gasteiger partial charge in [0.05, 0.1) is 0 Å². The average molecular weight is 356 g/mol. The van der Waals surface area contributed by atoms with Gasteiger partial charge in [-0.1, -0.05) is 27.5 Å². The van der Waals surface area contributed by atoms with Gasteiger partial charge in [-0.2, -0.15) is 0 Å². The first-order valence-corrected chi connectivity index (χ1v) is 7.04. The van der Waals surface area contributed by atoms with Crippen LogP contribution in [0.1, 0.15) is 17.4 Å². The molecule has 3 rings (SSSR count). The van der Waals surface area contributed by atoms with Crippen LogP contribution in [0.25, 0.3) is 11.0 Å². The van der Waals surface area contributed by atoms with Gasteiger partial charge in [0, 0.05) is 20.4 Å². The van der Waals surface area contributed by atoms with E-state index in [2.05, 4.69) is 15.9 Å². The van der Waals surface area contributed by atoms with Gasteiger partial charge in [-0.15, -0.1) is 0 Å². The van der Waals surface area contributed by atoms with Crippen LogP contribution in [0.5, 0.6) is 0 Å². The second kappa shape index (κ2) is 5.20. The maximum Gasteiger partial charge on any atom is 0.138 e. The number of aliphatic hydroxyl groups excluding tert-OH is 1. The fraction of sp³-hybridized carbons (Fsp3) is 0.0667. The van der Waals surface area contributed by atoms with Gasteiger partial charge in [-0.25, -0.2) is 4.39 Å². The van der Waals surface area contributed by atoms with E-state index in [1.54, 1.807) is 30.3 Å². The van der Waals surface area contributed by atoms with Crippen LogP contribution in [0.15, 0.2) is 51.4 Å². The van der Waals surface area contributed by atoms with Gasteiger partial charge in [-0.05, 0) is 42.5 Å². The number of aliphatic hydroxyl groups is 1. The SMILES string of the molecule is OC(c1cc2cc(Cl)ccc2o1)c1cc(F)ccc1Br. The molecule has 0 radical (unpaired) electrons. The van der Waals surface area contributed by atoms with Crippen LogP contribution in [0.3, 0.4) is 0 Å². The van der Waals surface area contributed by atoms with E-state index in [4.69, 9.17) is 16.0 Å².